The van der Waals surface area contributed by atoms with Crippen LogP contribution in [0, 0.1) is 11.6 Å². The molecule has 8 heteroatoms. The summed E-state index contributed by atoms with van der Waals surface area (Å²) < 4.78 is 34.9. The van der Waals surface area contributed by atoms with Gasteiger partial charge in [-0.25, -0.2) is 13.8 Å². The van der Waals surface area contributed by atoms with Crippen molar-refractivity contribution >= 4 is 28.3 Å². The third kappa shape index (κ3) is 4.31. The number of fused-ring (bicyclic) bond motifs is 1. The number of hydrogen-bond acceptors (Lipinski definition) is 4. The number of pyridine rings is 1. The highest BCUT2D eigenvalue weighted by atomic mass is 19.1. The standard InChI is InChI=1S/C26H24F2N4O2/c1-34-24-14-21(15-29-25(24)31-9-2-3-10-31)30-26(33)23-13-18-12-20(28)7-8-22(18)32(23)16-17-5-4-6-19(27)11-17/h4-8,11-15H,2-3,9-10,16H2,1H3,(H,30,33). The van der Waals surface area contributed by atoms with Crippen LogP contribution in [0.2, 0.25) is 0 Å². The van der Waals surface area contributed by atoms with Crippen molar-refractivity contribution in [2.24, 2.45) is 0 Å². The lowest BCUT2D eigenvalue weighted by Crippen LogP contribution is -2.21. The molecule has 174 valence electrons. The fraction of sp³-hybridized carbons (Fsp3) is 0.231. The third-order valence-electron chi connectivity index (χ3n) is 6.04. The van der Waals surface area contributed by atoms with Crippen molar-refractivity contribution in [1.29, 1.82) is 0 Å². The molecule has 4 aromatic rings. The van der Waals surface area contributed by atoms with Crippen molar-refractivity contribution in [2.45, 2.75) is 19.4 Å². The molecule has 0 atom stereocenters. The summed E-state index contributed by atoms with van der Waals surface area (Å²) in [5, 5.41) is 3.46. The summed E-state index contributed by atoms with van der Waals surface area (Å²) in [5.41, 5.74) is 2.18. The topological polar surface area (TPSA) is 59.4 Å². The van der Waals surface area contributed by atoms with Crippen LogP contribution in [0.15, 0.2) is 60.8 Å². The summed E-state index contributed by atoms with van der Waals surface area (Å²) in [7, 11) is 1.58. The molecule has 0 spiro atoms. The molecule has 1 N–H and O–H groups in total. The highest BCUT2D eigenvalue weighted by Gasteiger charge is 2.20. The van der Waals surface area contributed by atoms with Crippen molar-refractivity contribution in [3.8, 4) is 5.75 Å². The lowest BCUT2D eigenvalue weighted by Gasteiger charge is -2.19. The number of ether oxygens (including phenoxy) is 1. The number of rotatable bonds is 6. The maximum absolute atomic E-state index is 13.9. The van der Waals surface area contributed by atoms with Gasteiger partial charge in [0.15, 0.2) is 11.6 Å². The lowest BCUT2D eigenvalue weighted by molar-refractivity contribution is 0.101. The Hall–Kier alpha value is -3.94. The minimum Gasteiger partial charge on any atom is -0.493 e. The average Bonchev–Trinajstić information content (AvgIpc) is 3.47. The molecule has 0 radical (unpaired) electrons. The summed E-state index contributed by atoms with van der Waals surface area (Å²) in [6.07, 6.45) is 3.83. The normalized spacial score (nSPS) is 13.4. The van der Waals surface area contributed by atoms with E-state index in [1.165, 1.54) is 24.3 Å². The van der Waals surface area contributed by atoms with Crippen LogP contribution in [0.25, 0.3) is 10.9 Å². The smallest absolute Gasteiger partial charge is 0.272 e. The number of nitrogens with one attached hydrogen (secondary N) is 1. The van der Waals surface area contributed by atoms with Gasteiger partial charge in [0.05, 0.1) is 19.0 Å². The highest BCUT2D eigenvalue weighted by Crippen LogP contribution is 2.31. The lowest BCUT2D eigenvalue weighted by atomic mass is 10.2. The Morgan fingerprint density at radius 1 is 1.06 bits per heavy atom. The monoisotopic (exact) mass is 462 g/mol. The van der Waals surface area contributed by atoms with Gasteiger partial charge in [-0.05, 0) is 54.8 Å². The number of halogens is 2. The van der Waals surface area contributed by atoms with Crippen LogP contribution in [-0.2, 0) is 6.54 Å². The molecule has 1 aliphatic heterocycles. The molecule has 5 rings (SSSR count). The van der Waals surface area contributed by atoms with Gasteiger partial charge in [-0.15, -0.1) is 0 Å². The molecule has 1 saturated heterocycles. The molecule has 1 fully saturated rings. The molecule has 0 aliphatic carbocycles. The van der Waals surface area contributed by atoms with Crippen LogP contribution >= 0.6 is 0 Å². The minimum absolute atomic E-state index is 0.255. The van der Waals surface area contributed by atoms with E-state index in [0.717, 1.165) is 31.7 Å². The maximum atomic E-state index is 13.9. The molecular formula is C26H24F2N4O2. The van der Waals surface area contributed by atoms with E-state index in [-0.39, 0.29) is 18.3 Å². The largest absolute Gasteiger partial charge is 0.493 e. The van der Waals surface area contributed by atoms with Crippen molar-refractivity contribution in [1.82, 2.24) is 9.55 Å². The first kappa shape index (κ1) is 21.9. The van der Waals surface area contributed by atoms with Crippen LogP contribution in [-0.4, -0.2) is 35.7 Å². The molecule has 1 amide bonds. The number of methoxy groups -OCH3 is 1. The van der Waals surface area contributed by atoms with E-state index in [9.17, 15) is 13.6 Å². The number of carbonyl (C=O) groups is 1. The van der Waals surface area contributed by atoms with Crippen LogP contribution in [0.3, 0.4) is 0 Å². The average molecular weight is 463 g/mol. The minimum atomic E-state index is -0.395. The van der Waals surface area contributed by atoms with Gasteiger partial charge in [0.1, 0.15) is 17.3 Å². The van der Waals surface area contributed by atoms with Crippen LogP contribution in [0.5, 0.6) is 5.75 Å². The van der Waals surface area contributed by atoms with E-state index in [1.54, 1.807) is 48.2 Å². The quantitative estimate of drug-likeness (QED) is 0.427. The van der Waals surface area contributed by atoms with E-state index in [2.05, 4.69) is 15.2 Å². The maximum Gasteiger partial charge on any atom is 0.272 e. The Kier molecular flexibility index (Phi) is 5.88. The summed E-state index contributed by atoms with van der Waals surface area (Å²) >= 11 is 0. The zero-order valence-electron chi connectivity index (χ0n) is 18.7. The first-order valence-corrected chi connectivity index (χ1v) is 11.2. The fourth-order valence-corrected chi connectivity index (χ4v) is 4.44. The molecule has 0 unspecified atom stereocenters. The van der Waals surface area contributed by atoms with Gasteiger partial charge >= 0.3 is 0 Å². The third-order valence-corrected chi connectivity index (χ3v) is 6.04. The molecule has 3 heterocycles. The number of anilines is 2. The van der Waals surface area contributed by atoms with Crippen molar-refractivity contribution in [2.75, 3.05) is 30.4 Å². The molecule has 2 aromatic carbocycles. The zero-order valence-corrected chi connectivity index (χ0v) is 18.7. The molecule has 6 nitrogen and oxygen atoms in total. The van der Waals surface area contributed by atoms with E-state index >= 15 is 0 Å². The second-order valence-electron chi connectivity index (χ2n) is 8.35. The molecule has 1 aliphatic rings. The summed E-state index contributed by atoms with van der Waals surface area (Å²) in [6, 6.07) is 13.9. The van der Waals surface area contributed by atoms with E-state index in [0.29, 0.717) is 33.6 Å². The summed E-state index contributed by atoms with van der Waals surface area (Å²) in [4.78, 5) is 20.0. The number of aromatic nitrogens is 2. The number of hydrogen-bond donors (Lipinski definition) is 1. The first-order chi connectivity index (χ1) is 16.5. The molecular weight excluding hydrogens is 438 g/mol. The first-order valence-electron chi connectivity index (χ1n) is 11.2. The second kappa shape index (κ2) is 9.13. The highest BCUT2D eigenvalue weighted by molar-refractivity contribution is 6.06. The second-order valence-corrected chi connectivity index (χ2v) is 8.35. The van der Waals surface area contributed by atoms with Crippen LogP contribution < -0.4 is 15.0 Å². The molecule has 34 heavy (non-hydrogen) atoms. The van der Waals surface area contributed by atoms with Crippen molar-refractivity contribution in [3.05, 3.63) is 83.7 Å². The molecule has 0 bridgehead atoms. The number of amides is 1. The van der Waals surface area contributed by atoms with Gasteiger partial charge in [0.2, 0.25) is 0 Å². The summed E-state index contributed by atoms with van der Waals surface area (Å²) in [6.45, 7) is 2.10. The van der Waals surface area contributed by atoms with E-state index in [4.69, 9.17) is 4.74 Å². The summed E-state index contributed by atoms with van der Waals surface area (Å²) in [5.74, 6) is 0.206. The Bertz CT molecular complexity index is 1360. The van der Waals surface area contributed by atoms with Gasteiger partial charge in [0.25, 0.3) is 5.91 Å². The number of carbonyl (C=O) groups excluding carboxylic acids is 1. The fourth-order valence-electron chi connectivity index (χ4n) is 4.44. The SMILES string of the molecule is COc1cc(NC(=O)c2cc3cc(F)ccc3n2Cc2cccc(F)c2)cnc1N1CCCC1. The molecule has 0 saturated carbocycles. The van der Waals surface area contributed by atoms with Gasteiger partial charge in [0, 0.05) is 36.6 Å². The van der Waals surface area contributed by atoms with Crippen molar-refractivity contribution < 1.29 is 18.3 Å². The predicted octanol–water partition coefficient (Wildman–Crippen LogP) is 5.22. The van der Waals surface area contributed by atoms with Gasteiger partial charge in [-0.1, -0.05) is 12.1 Å². The van der Waals surface area contributed by atoms with Crippen LogP contribution in [0.4, 0.5) is 20.3 Å². The zero-order chi connectivity index (χ0) is 23.7. The Balaban J connectivity index is 1.48. The van der Waals surface area contributed by atoms with E-state index in [1.807, 2.05) is 0 Å². The number of benzene rings is 2. The van der Waals surface area contributed by atoms with Gasteiger partial charge in [-0.2, -0.15) is 0 Å². The number of nitrogens with zero attached hydrogens (tertiary/aromatic N) is 3. The molecule has 2 aromatic heterocycles. The van der Waals surface area contributed by atoms with E-state index < -0.39 is 5.82 Å². The van der Waals surface area contributed by atoms with Crippen molar-refractivity contribution in [3.63, 3.8) is 0 Å². The predicted molar refractivity (Wildman–Crippen MR) is 128 cm³/mol. The Morgan fingerprint density at radius 3 is 2.62 bits per heavy atom. The Morgan fingerprint density at radius 2 is 1.85 bits per heavy atom. The Labute approximate surface area is 195 Å². The van der Waals surface area contributed by atoms with Gasteiger partial charge < -0.3 is 19.5 Å². The van der Waals surface area contributed by atoms with Crippen LogP contribution in [0.1, 0.15) is 28.9 Å². The van der Waals surface area contributed by atoms with Gasteiger partial charge in [-0.3, -0.25) is 4.79 Å².